The van der Waals surface area contributed by atoms with Crippen LogP contribution >= 0.6 is 0 Å². The number of aryl methyl sites for hydroxylation is 2. The largest absolute Gasteiger partial charge is 0.478 e. The molecule has 7 heteroatoms. The summed E-state index contributed by atoms with van der Waals surface area (Å²) in [5.41, 5.74) is 1.53. The van der Waals surface area contributed by atoms with Gasteiger partial charge in [0, 0.05) is 19.3 Å². The van der Waals surface area contributed by atoms with Crippen LogP contribution in [0.5, 0.6) is 0 Å². The maximum Gasteiger partial charge on any atom is 0.328 e. The molecule has 0 aliphatic carbocycles. The van der Waals surface area contributed by atoms with Gasteiger partial charge in [-0.05, 0) is 25.1 Å². The number of carboxylic acids is 1. The Morgan fingerprint density at radius 3 is 2.76 bits per heavy atom. The number of aliphatic carboxylic acids is 1. The Labute approximate surface area is 120 Å². The van der Waals surface area contributed by atoms with Crippen LogP contribution in [0.1, 0.15) is 21.7 Å². The third-order valence-corrected chi connectivity index (χ3v) is 2.67. The summed E-state index contributed by atoms with van der Waals surface area (Å²) in [4.78, 5) is 26.7. The molecule has 0 aliphatic heterocycles. The fraction of sp³-hybridized carbons (Fsp3) is 0.143. The fourth-order valence-electron chi connectivity index (χ4n) is 1.78. The van der Waals surface area contributed by atoms with Crippen molar-refractivity contribution in [2.75, 3.05) is 5.32 Å². The Morgan fingerprint density at radius 2 is 2.14 bits per heavy atom. The van der Waals surface area contributed by atoms with E-state index in [0.29, 0.717) is 22.8 Å². The van der Waals surface area contributed by atoms with Crippen LogP contribution in [0.15, 0.2) is 30.5 Å². The van der Waals surface area contributed by atoms with E-state index in [4.69, 9.17) is 5.11 Å². The van der Waals surface area contributed by atoms with Gasteiger partial charge in [0.15, 0.2) is 0 Å². The minimum Gasteiger partial charge on any atom is -0.478 e. The Bertz CT molecular complexity index is 719. The summed E-state index contributed by atoms with van der Waals surface area (Å²) < 4.78 is 1.56. The van der Waals surface area contributed by atoms with Gasteiger partial charge in [0.1, 0.15) is 5.82 Å². The SMILES string of the molecule is Cc1nn(C)cc1C(=O)Nc1cccc(/C=C/C(=O)O)n1. The number of rotatable bonds is 4. The number of carbonyl (C=O) groups is 2. The molecule has 0 spiro atoms. The van der Waals surface area contributed by atoms with Gasteiger partial charge in [-0.15, -0.1) is 0 Å². The summed E-state index contributed by atoms with van der Waals surface area (Å²) >= 11 is 0. The van der Waals surface area contributed by atoms with Crippen LogP contribution in [-0.4, -0.2) is 31.7 Å². The zero-order valence-corrected chi connectivity index (χ0v) is 11.6. The molecule has 2 aromatic heterocycles. The number of nitrogens with one attached hydrogen (secondary N) is 1. The first-order chi connectivity index (χ1) is 9.95. The molecule has 0 atom stereocenters. The number of amides is 1. The van der Waals surface area contributed by atoms with Gasteiger partial charge in [0.05, 0.1) is 17.0 Å². The Hall–Kier alpha value is -2.96. The second kappa shape index (κ2) is 6.00. The summed E-state index contributed by atoms with van der Waals surface area (Å²) in [6.07, 6.45) is 3.96. The Morgan fingerprint density at radius 1 is 1.38 bits per heavy atom. The molecule has 0 aromatic carbocycles. The predicted molar refractivity (Wildman–Crippen MR) is 76.8 cm³/mol. The van der Waals surface area contributed by atoms with Gasteiger partial charge >= 0.3 is 5.97 Å². The fourth-order valence-corrected chi connectivity index (χ4v) is 1.78. The highest BCUT2D eigenvalue weighted by atomic mass is 16.4. The normalized spacial score (nSPS) is 10.8. The minimum absolute atomic E-state index is 0.313. The van der Waals surface area contributed by atoms with Crippen LogP contribution < -0.4 is 5.32 Å². The molecule has 2 aromatic rings. The molecule has 0 bridgehead atoms. The first kappa shape index (κ1) is 14.4. The number of nitrogens with zero attached hydrogens (tertiary/aromatic N) is 3. The molecule has 2 N–H and O–H groups in total. The molecular weight excluding hydrogens is 272 g/mol. The van der Waals surface area contributed by atoms with E-state index in [1.54, 1.807) is 43.0 Å². The number of carbonyl (C=O) groups excluding carboxylic acids is 1. The van der Waals surface area contributed by atoms with Crippen molar-refractivity contribution < 1.29 is 14.7 Å². The van der Waals surface area contributed by atoms with Gasteiger partial charge in [0.2, 0.25) is 0 Å². The molecule has 0 unspecified atom stereocenters. The third-order valence-electron chi connectivity index (χ3n) is 2.67. The maximum atomic E-state index is 12.1. The van der Waals surface area contributed by atoms with E-state index >= 15 is 0 Å². The number of hydrogen-bond donors (Lipinski definition) is 2. The van der Waals surface area contributed by atoms with Crippen molar-refractivity contribution in [3.05, 3.63) is 47.4 Å². The van der Waals surface area contributed by atoms with Gasteiger partial charge in [-0.3, -0.25) is 9.48 Å². The van der Waals surface area contributed by atoms with Gasteiger partial charge in [-0.25, -0.2) is 9.78 Å². The zero-order valence-electron chi connectivity index (χ0n) is 11.6. The lowest BCUT2D eigenvalue weighted by atomic mass is 10.2. The summed E-state index contributed by atoms with van der Waals surface area (Å²) in [6.45, 7) is 1.74. The average molecular weight is 286 g/mol. The summed E-state index contributed by atoms with van der Waals surface area (Å²) in [5.74, 6) is -1.03. The molecule has 108 valence electrons. The number of anilines is 1. The second-order valence-electron chi connectivity index (χ2n) is 4.38. The molecule has 0 saturated carbocycles. The lowest BCUT2D eigenvalue weighted by Gasteiger charge is -2.04. The number of pyridine rings is 1. The van der Waals surface area contributed by atoms with Gasteiger partial charge in [-0.1, -0.05) is 6.07 Å². The van der Waals surface area contributed by atoms with Crippen molar-refractivity contribution in [3.63, 3.8) is 0 Å². The second-order valence-corrected chi connectivity index (χ2v) is 4.38. The zero-order chi connectivity index (χ0) is 15.4. The average Bonchev–Trinajstić information content (AvgIpc) is 2.76. The van der Waals surface area contributed by atoms with Crippen molar-refractivity contribution in [1.82, 2.24) is 14.8 Å². The molecule has 2 heterocycles. The first-order valence-electron chi connectivity index (χ1n) is 6.15. The van der Waals surface area contributed by atoms with E-state index in [-0.39, 0.29) is 5.91 Å². The van der Waals surface area contributed by atoms with Crippen LogP contribution in [0.2, 0.25) is 0 Å². The molecule has 0 radical (unpaired) electrons. The van der Waals surface area contributed by atoms with E-state index in [0.717, 1.165) is 6.08 Å². The number of hydrogen-bond acceptors (Lipinski definition) is 4. The van der Waals surface area contributed by atoms with Gasteiger partial charge < -0.3 is 10.4 Å². The van der Waals surface area contributed by atoms with E-state index in [2.05, 4.69) is 15.4 Å². The Kier molecular flexibility index (Phi) is 4.13. The van der Waals surface area contributed by atoms with E-state index in [1.807, 2.05) is 0 Å². The lowest BCUT2D eigenvalue weighted by Crippen LogP contribution is -2.13. The maximum absolute atomic E-state index is 12.1. The standard InChI is InChI=1S/C14H14N4O3/c1-9-11(8-18(2)17-9)14(21)16-12-5-3-4-10(15-12)6-7-13(19)20/h3-8H,1-2H3,(H,19,20)(H,15,16,21)/b7-6+. The van der Waals surface area contributed by atoms with Crippen LogP contribution in [0.25, 0.3) is 6.08 Å². The highest BCUT2D eigenvalue weighted by Gasteiger charge is 2.13. The topological polar surface area (TPSA) is 97.1 Å². The molecule has 21 heavy (non-hydrogen) atoms. The van der Waals surface area contributed by atoms with E-state index in [1.165, 1.54) is 6.08 Å². The quantitative estimate of drug-likeness (QED) is 0.830. The van der Waals surface area contributed by atoms with Crippen molar-refractivity contribution in [2.24, 2.45) is 7.05 Å². The van der Waals surface area contributed by atoms with Crippen LogP contribution in [0.3, 0.4) is 0 Å². The number of carboxylic acid groups (broad SMARTS) is 1. The van der Waals surface area contributed by atoms with Crippen LogP contribution in [0.4, 0.5) is 5.82 Å². The predicted octanol–water partition coefficient (Wildman–Crippen LogP) is 1.47. The molecule has 0 fully saturated rings. The Balaban J connectivity index is 2.16. The van der Waals surface area contributed by atoms with Crippen molar-refractivity contribution in [3.8, 4) is 0 Å². The molecule has 0 saturated heterocycles. The molecule has 0 aliphatic rings. The summed E-state index contributed by atoms with van der Waals surface area (Å²) in [5, 5.41) is 15.3. The molecular formula is C14H14N4O3. The lowest BCUT2D eigenvalue weighted by molar-refractivity contribution is -0.131. The number of aromatic nitrogens is 3. The van der Waals surface area contributed by atoms with Crippen molar-refractivity contribution in [2.45, 2.75) is 6.92 Å². The highest BCUT2D eigenvalue weighted by Crippen LogP contribution is 2.10. The van der Waals surface area contributed by atoms with E-state index < -0.39 is 5.97 Å². The minimum atomic E-state index is -1.06. The molecule has 2 rings (SSSR count). The smallest absolute Gasteiger partial charge is 0.328 e. The highest BCUT2D eigenvalue weighted by molar-refractivity contribution is 6.04. The van der Waals surface area contributed by atoms with Crippen molar-refractivity contribution in [1.29, 1.82) is 0 Å². The van der Waals surface area contributed by atoms with E-state index in [9.17, 15) is 9.59 Å². The molecule has 1 amide bonds. The van der Waals surface area contributed by atoms with Gasteiger partial charge in [-0.2, -0.15) is 5.10 Å². The summed E-state index contributed by atoms with van der Waals surface area (Å²) in [6, 6.07) is 4.95. The first-order valence-corrected chi connectivity index (χ1v) is 6.15. The van der Waals surface area contributed by atoms with Crippen LogP contribution in [-0.2, 0) is 11.8 Å². The van der Waals surface area contributed by atoms with Crippen molar-refractivity contribution >= 4 is 23.8 Å². The molecule has 7 nitrogen and oxygen atoms in total. The monoisotopic (exact) mass is 286 g/mol. The third kappa shape index (κ3) is 3.75. The van der Waals surface area contributed by atoms with Gasteiger partial charge in [0.25, 0.3) is 5.91 Å². The summed E-state index contributed by atoms with van der Waals surface area (Å²) in [7, 11) is 1.74. The van der Waals surface area contributed by atoms with Crippen LogP contribution in [0, 0.1) is 6.92 Å².